The third-order valence-electron chi connectivity index (χ3n) is 3.18. The molecule has 0 saturated carbocycles. The van der Waals surface area contributed by atoms with Gasteiger partial charge in [0.05, 0.1) is 23.9 Å². The summed E-state index contributed by atoms with van der Waals surface area (Å²) in [5, 5.41) is 3.41. The van der Waals surface area contributed by atoms with Crippen LogP contribution in [-0.4, -0.2) is 35.3 Å². The van der Waals surface area contributed by atoms with E-state index in [-0.39, 0.29) is 17.2 Å². The number of hydrogen-bond acceptors (Lipinski definition) is 5. The highest BCUT2D eigenvalue weighted by molar-refractivity contribution is 5.29. The SMILES string of the molecule is CC1CN(c2nc(CNC(C)(C)C)co2)CC(C)(C)O1. The second-order valence-corrected chi connectivity index (χ2v) is 7.29. The molecule has 20 heavy (non-hydrogen) atoms. The maximum Gasteiger partial charge on any atom is 0.297 e. The van der Waals surface area contributed by atoms with Crippen molar-refractivity contribution in [2.24, 2.45) is 0 Å². The number of aromatic nitrogens is 1. The lowest BCUT2D eigenvalue weighted by atomic mass is 10.1. The molecule has 0 spiro atoms. The van der Waals surface area contributed by atoms with E-state index in [0.717, 1.165) is 25.3 Å². The van der Waals surface area contributed by atoms with Crippen LogP contribution in [0.5, 0.6) is 0 Å². The van der Waals surface area contributed by atoms with Gasteiger partial charge in [-0.3, -0.25) is 0 Å². The van der Waals surface area contributed by atoms with Gasteiger partial charge >= 0.3 is 0 Å². The van der Waals surface area contributed by atoms with Crippen molar-refractivity contribution in [1.29, 1.82) is 0 Å². The highest BCUT2D eigenvalue weighted by Gasteiger charge is 2.33. The normalized spacial score (nSPS) is 23.1. The zero-order valence-electron chi connectivity index (χ0n) is 13.5. The van der Waals surface area contributed by atoms with Gasteiger partial charge in [0.25, 0.3) is 6.01 Å². The largest absolute Gasteiger partial charge is 0.432 e. The van der Waals surface area contributed by atoms with Crippen molar-refractivity contribution in [3.8, 4) is 0 Å². The van der Waals surface area contributed by atoms with Crippen LogP contribution in [-0.2, 0) is 11.3 Å². The Kier molecular flexibility index (Phi) is 4.12. The van der Waals surface area contributed by atoms with Gasteiger partial charge in [-0.25, -0.2) is 0 Å². The zero-order chi connectivity index (χ0) is 15.0. The molecule has 0 aliphatic carbocycles. The number of anilines is 1. The number of hydrogen-bond donors (Lipinski definition) is 1. The molecule has 1 aliphatic rings. The predicted molar refractivity (Wildman–Crippen MR) is 79.9 cm³/mol. The van der Waals surface area contributed by atoms with Crippen LogP contribution >= 0.6 is 0 Å². The number of morpholine rings is 1. The van der Waals surface area contributed by atoms with Crippen LogP contribution in [0.25, 0.3) is 0 Å². The fourth-order valence-corrected chi connectivity index (χ4v) is 2.48. The highest BCUT2D eigenvalue weighted by Crippen LogP contribution is 2.25. The van der Waals surface area contributed by atoms with Gasteiger partial charge in [-0.15, -0.1) is 0 Å². The zero-order valence-corrected chi connectivity index (χ0v) is 13.5. The minimum absolute atomic E-state index is 0.0780. The standard InChI is InChI=1S/C15H27N3O2/c1-11-8-18(10-15(5,6)20-11)13-17-12(9-19-13)7-16-14(2,3)4/h9,11,16H,7-8,10H2,1-6H3. The Balaban J connectivity index is 2.01. The molecule has 1 saturated heterocycles. The predicted octanol–water partition coefficient (Wildman–Crippen LogP) is 2.57. The molecule has 1 fully saturated rings. The minimum atomic E-state index is -0.171. The van der Waals surface area contributed by atoms with E-state index in [4.69, 9.17) is 9.15 Å². The van der Waals surface area contributed by atoms with E-state index in [2.05, 4.69) is 56.7 Å². The second kappa shape index (κ2) is 5.37. The van der Waals surface area contributed by atoms with Gasteiger partial charge in [-0.05, 0) is 41.5 Å². The molecule has 2 rings (SSSR count). The van der Waals surface area contributed by atoms with E-state index in [1.165, 1.54) is 0 Å². The maximum absolute atomic E-state index is 5.90. The Hall–Kier alpha value is -1.07. The number of nitrogens with one attached hydrogen (secondary N) is 1. The Morgan fingerprint density at radius 1 is 1.45 bits per heavy atom. The lowest BCUT2D eigenvalue weighted by Gasteiger charge is -2.40. The van der Waals surface area contributed by atoms with E-state index in [1.807, 2.05) is 0 Å². The summed E-state index contributed by atoms with van der Waals surface area (Å²) in [4.78, 5) is 6.74. The summed E-state index contributed by atoms with van der Waals surface area (Å²) < 4.78 is 11.5. The first kappa shape index (κ1) is 15.3. The molecule has 0 amide bonds. The fourth-order valence-electron chi connectivity index (χ4n) is 2.48. The number of ether oxygens (including phenoxy) is 1. The molecular weight excluding hydrogens is 254 g/mol. The fraction of sp³-hybridized carbons (Fsp3) is 0.800. The Labute approximate surface area is 121 Å². The van der Waals surface area contributed by atoms with Crippen LogP contribution in [0.15, 0.2) is 10.7 Å². The molecule has 0 bridgehead atoms. The molecule has 1 N–H and O–H groups in total. The second-order valence-electron chi connectivity index (χ2n) is 7.29. The summed E-state index contributed by atoms with van der Waals surface area (Å²) in [5.74, 6) is 0. The van der Waals surface area contributed by atoms with Crippen molar-refractivity contribution in [1.82, 2.24) is 10.3 Å². The number of rotatable bonds is 3. The molecule has 5 nitrogen and oxygen atoms in total. The molecule has 114 valence electrons. The van der Waals surface area contributed by atoms with Crippen molar-refractivity contribution in [3.63, 3.8) is 0 Å². The van der Waals surface area contributed by atoms with Crippen molar-refractivity contribution in [3.05, 3.63) is 12.0 Å². The first-order valence-corrected chi connectivity index (χ1v) is 7.27. The van der Waals surface area contributed by atoms with Gasteiger partial charge in [-0.1, -0.05) is 0 Å². The van der Waals surface area contributed by atoms with Gasteiger partial charge in [0.2, 0.25) is 0 Å². The summed E-state index contributed by atoms with van der Waals surface area (Å²) in [6, 6.07) is 0.693. The van der Waals surface area contributed by atoms with Crippen molar-refractivity contribution in [2.75, 3.05) is 18.0 Å². The lowest BCUT2D eigenvalue weighted by molar-refractivity contribution is -0.0761. The van der Waals surface area contributed by atoms with Gasteiger partial charge < -0.3 is 19.4 Å². The van der Waals surface area contributed by atoms with Crippen LogP contribution in [0.4, 0.5) is 6.01 Å². The summed E-state index contributed by atoms with van der Waals surface area (Å²) in [6.07, 6.45) is 1.92. The van der Waals surface area contributed by atoms with E-state index in [9.17, 15) is 0 Å². The van der Waals surface area contributed by atoms with Crippen LogP contribution in [0.1, 0.15) is 47.2 Å². The molecule has 0 radical (unpaired) electrons. The summed E-state index contributed by atoms with van der Waals surface area (Å²) in [7, 11) is 0. The Morgan fingerprint density at radius 2 is 2.15 bits per heavy atom. The molecule has 1 aliphatic heterocycles. The van der Waals surface area contributed by atoms with Gasteiger partial charge in [0.1, 0.15) is 6.26 Å². The first-order valence-electron chi connectivity index (χ1n) is 7.27. The van der Waals surface area contributed by atoms with Crippen LogP contribution < -0.4 is 10.2 Å². The van der Waals surface area contributed by atoms with Crippen LogP contribution in [0.2, 0.25) is 0 Å². The summed E-state index contributed by atoms with van der Waals surface area (Å²) >= 11 is 0. The summed E-state index contributed by atoms with van der Waals surface area (Å²) in [5.41, 5.74) is 0.844. The van der Waals surface area contributed by atoms with E-state index >= 15 is 0 Å². The number of nitrogens with zero attached hydrogens (tertiary/aromatic N) is 2. The average Bonchev–Trinajstić information content (AvgIpc) is 2.71. The lowest BCUT2D eigenvalue weighted by Crippen LogP contribution is -2.52. The maximum atomic E-state index is 5.90. The van der Waals surface area contributed by atoms with Crippen molar-refractivity contribution >= 4 is 6.01 Å². The highest BCUT2D eigenvalue weighted by atomic mass is 16.5. The van der Waals surface area contributed by atoms with Crippen molar-refractivity contribution < 1.29 is 9.15 Å². The molecule has 1 atom stereocenters. The van der Waals surface area contributed by atoms with Crippen molar-refractivity contribution in [2.45, 2.75) is 65.3 Å². The molecule has 1 unspecified atom stereocenters. The first-order chi connectivity index (χ1) is 9.15. The monoisotopic (exact) mass is 281 g/mol. The van der Waals surface area contributed by atoms with Gasteiger partial charge in [0, 0.05) is 18.6 Å². The third kappa shape index (κ3) is 4.21. The van der Waals surface area contributed by atoms with Gasteiger partial charge in [0.15, 0.2) is 0 Å². The molecular formula is C15H27N3O2. The Morgan fingerprint density at radius 3 is 2.75 bits per heavy atom. The molecule has 2 heterocycles. The van der Waals surface area contributed by atoms with E-state index in [0.29, 0.717) is 6.01 Å². The Bertz CT molecular complexity index is 448. The number of oxazole rings is 1. The molecule has 1 aromatic heterocycles. The summed E-state index contributed by atoms with van der Waals surface area (Å²) in [6.45, 7) is 15.0. The average molecular weight is 281 g/mol. The topological polar surface area (TPSA) is 50.5 Å². The molecule has 1 aromatic rings. The smallest absolute Gasteiger partial charge is 0.297 e. The third-order valence-corrected chi connectivity index (χ3v) is 3.18. The van der Waals surface area contributed by atoms with Gasteiger partial charge in [-0.2, -0.15) is 4.98 Å². The minimum Gasteiger partial charge on any atom is -0.432 e. The van der Waals surface area contributed by atoms with E-state index < -0.39 is 0 Å². The molecule has 5 heteroatoms. The van der Waals surface area contributed by atoms with E-state index in [1.54, 1.807) is 6.26 Å². The van der Waals surface area contributed by atoms with Crippen LogP contribution in [0.3, 0.4) is 0 Å². The van der Waals surface area contributed by atoms with Crippen LogP contribution in [0, 0.1) is 0 Å². The molecule has 0 aromatic carbocycles. The quantitative estimate of drug-likeness (QED) is 0.923.